The minimum absolute atomic E-state index is 0.00914. The first-order chi connectivity index (χ1) is 9.54. The Balaban J connectivity index is 2.16. The first-order valence-electron chi connectivity index (χ1n) is 6.66. The van der Waals surface area contributed by atoms with Crippen molar-refractivity contribution >= 4 is 23.7 Å². The van der Waals surface area contributed by atoms with Crippen LogP contribution in [-0.2, 0) is 16.1 Å². The number of rotatable bonds is 6. The van der Waals surface area contributed by atoms with E-state index in [2.05, 4.69) is 22.0 Å². The van der Waals surface area contributed by atoms with Crippen molar-refractivity contribution in [2.24, 2.45) is 0 Å². The van der Waals surface area contributed by atoms with Crippen LogP contribution in [0.2, 0.25) is 0 Å². The van der Waals surface area contributed by atoms with Gasteiger partial charge in [0, 0.05) is 20.2 Å². The van der Waals surface area contributed by atoms with Crippen LogP contribution in [0, 0.1) is 0 Å². The highest BCUT2D eigenvalue weighted by Crippen LogP contribution is 2.26. The molecule has 2 rings (SSSR count). The van der Waals surface area contributed by atoms with Gasteiger partial charge in [-0.05, 0) is 20.3 Å². The average Bonchev–Trinajstić information content (AvgIpc) is 3.01. The molecule has 8 heteroatoms. The number of carboxylic acid groups (broad SMARTS) is 1. The quantitative estimate of drug-likeness (QED) is 0.788. The van der Waals surface area contributed by atoms with Gasteiger partial charge in [-0.1, -0.05) is 11.8 Å². The van der Waals surface area contributed by atoms with Crippen molar-refractivity contribution in [3.8, 4) is 0 Å². The van der Waals surface area contributed by atoms with Crippen LogP contribution >= 0.6 is 11.8 Å². The summed E-state index contributed by atoms with van der Waals surface area (Å²) < 4.78 is 7.53. The summed E-state index contributed by atoms with van der Waals surface area (Å²) in [5.41, 5.74) is 0. The predicted octanol–water partition coefficient (Wildman–Crippen LogP) is 1.09. The van der Waals surface area contributed by atoms with E-state index in [4.69, 9.17) is 9.84 Å². The number of anilines is 1. The van der Waals surface area contributed by atoms with E-state index in [9.17, 15) is 4.79 Å². The summed E-state index contributed by atoms with van der Waals surface area (Å²) in [6.45, 7) is 5.52. The standard InChI is InChI=1S/C12H20N4O3S/c1-4-16-11(13-14-12(16)20-7-10(17)18)15(3)9-5-6-19-8(9)2/h8-9H,4-7H2,1-3H3,(H,17,18). The highest BCUT2D eigenvalue weighted by Gasteiger charge is 2.30. The van der Waals surface area contributed by atoms with Crippen LogP contribution in [0.15, 0.2) is 5.16 Å². The third-order valence-electron chi connectivity index (χ3n) is 3.49. The molecule has 2 atom stereocenters. The lowest BCUT2D eigenvalue weighted by Crippen LogP contribution is -2.38. The summed E-state index contributed by atoms with van der Waals surface area (Å²) in [5, 5.41) is 17.7. The molecule has 1 N–H and O–H groups in total. The van der Waals surface area contributed by atoms with Gasteiger partial charge in [-0.25, -0.2) is 0 Å². The molecule has 1 aliphatic rings. The monoisotopic (exact) mass is 300 g/mol. The van der Waals surface area contributed by atoms with Crippen LogP contribution in [0.25, 0.3) is 0 Å². The number of ether oxygens (including phenoxy) is 1. The van der Waals surface area contributed by atoms with Crippen molar-refractivity contribution in [1.29, 1.82) is 0 Å². The molecule has 0 amide bonds. The number of carboxylic acids is 1. The smallest absolute Gasteiger partial charge is 0.313 e. The Bertz CT molecular complexity index is 479. The van der Waals surface area contributed by atoms with Crippen LogP contribution in [0.3, 0.4) is 0 Å². The first kappa shape index (κ1) is 15.1. The maximum Gasteiger partial charge on any atom is 0.313 e. The highest BCUT2D eigenvalue weighted by molar-refractivity contribution is 7.99. The fraction of sp³-hybridized carbons (Fsp3) is 0.750. The van der Waals surface area contributed by atoms with E-state index in [0.717, 1.165) is 19.0 Å². The molecule has 1 aliphatic heterocycles. The number of carbonyl (C=O) groups is 1. The Morgan fingerprint density at radius 3 is 2.90 bits per heavy atom. The van der Waals surface area contributed by atoms with E-state index in [1.807, 2.05) is 18.5 Å². The van der Waals surface area contributed by atoms with E-state index in [0.29, 0.717) is 11.7 Å². The summed E-state index contributed by atoms with van der Waals surface area (Å²) in [4.78, 5) is 12.7. The van der Waals surface area contributed by atoms with Crippen molar-refractivity contribution in [3.05, 3.63) is 0 Å². The van der Waals surface area contributed by atoms with Crippen molar-refractivity contribution in [2.45, 2.75) is 44.1 Å². The molecule has 0 aromatic carbocycles. The largest absolute Gasteiger partial charge is 0.481 e. The fourth-order valence-corrected chi connectivity index (χ4v) is 3.15. The van der Waals surface area contributed by atoms with Gasteiger partial charge in [0.05, 0.1) is 17.9 Å². The molecule has 1 aromatic rings. The predicted molar refractivity (Wildman–Crippen MR) is 76.3 cm³/mol. The molecule has 1 saturated heterocycles. The molecular formula is C12H20N4O3S. The first-order valence-corrected chi connectivity index (χ1v) is 7.65. The lowest BCUT2D eigenvalue weighted by atomic mass is 10.1. The lowest BCUT2D eigenvalue weighted by Gasteiger charge is -2.27. The molecule has 20 heavy (non-hydrogen) atoms. The van der Waals surface area contributed by atoms with Crippen molar-refractivity contribution in [1.82, 2.24) is 14.8 Å². The zero-order valence-corrected chi connectivity index (χ0v) is 12.8. The van der Waals surface area contributed by atoms with E-state index in [1.165, 1.54) is 11.8 Å². The third kappa shape index (κ3) is 3.06. The van der Waals surface area contributed by atoms with Gasteiger partial charge in [0.15, 0.2) is 5.16 Å². The van der Waals surface area contributed by atoms with Gasteiger partial charge in [0.25, 0.3) is 0 Å². The summed E-state index contributed by atoms with van der Waals surface area (Å²) in [6, 6.07) is 0.279. The zero-order chi connectivity index (χ0) is 14.7. The Labute approximate surface area is 122 Å². The molecule has 2 heterocycles. The van der Waals surface area contributed by atoms with Gasteiger partial charge in [-0.15, -0.1) is 10.2 Å². The molecule has 0 bridgehead atoms. The molecule has 0 spiro atoms. The SMILES string of the molecule is CCn1c(SCC(=O)O)nnc1N(C)C1CCOC1C. The summed E-state index contributed by atoms with van der Waals surface area (Å²) in [7, 11) is 1.98. The van der Waals surface area contributed by atoms with Gasteiger partial charge in [0.2, 0.25) is 5.95 Å². The van der Waals surface area contributed by atoms with Crippen LogP contribution in [-0.4, -0.2) is 57.4 Å². The number of nitrogens with zero attached hydrogens (tertiary/aromatic N) is 4. The van der Waals surface area contributed by atoms with E-state index < -0.39 is 5.97 Å². The minimum atomic E-state index is -0.853. The van der Waals surface area contributed by atoms with Crippen molar-refractivity contribution in [3.63, 3.8) is 0 Å². The molecule has 7 nitrogen and oxygen atoms in total. The number of hydrogen-bond donors (Lipinski definition) is 1. The molecule has 2 unspecified atom stereocenters. The molecule has 0 radical (unpaired) electrons. The van der Waals surface area contributed by atoms with Gasteiger partial charge in [-0.3, -0.25) is 9.36 Å². The minimum Gasteiger partial charge on any atom is -0.481 e. The van der Waals surface area contributed by atoms with Crippen LogP contribution in [0.4, 0.5) is 5.95 Å². The second-order valence-corrected chi connectivity index (χ2v) is 5.69. The molecule has 1 fully saturated rings. The maximum atomic E-state index is 10.7. The fourth-order valence-electron chi connectivity index (χ4n) is 2.43. The molecular weight excluding hydrogens is 280 g/mol. The Kier molecular flexibility index (Phi) is 4.87. The number of aromatic nitrogens is 3. The van der Waals surface area contributed by atoms with Crippen LogP contribution in [0.1, 0.15) is 20.3 Å². The lowest BCUT2D eigenvalue weighted by molar-refractivity contribution is -0.133. The van der Waals surface area contributed by atoms with E-state index in [1.54, 1.807) is 0 Å². The Morgan fingerprint density at radius 2 is 2.35 bits per heavy atom. The Morgan fingerprint density at radius 1 is 1.60 bits per heavy atom. The van der Waals surface area contributed by atoms with Gasteiger partial charge in [-0.2, -0.15) is 0 Å². The van der Waals surface area contributed by atoms with E-state index in [-0.39, 0.29) is 17.9 Å². The van der Waals surface area contributed by atoms with Crippen molar-refractivity contribution in [2.75, 3.05) is 24.3 Å². The molecule has 112 valence electrons. The topological polar surface area (TPSA) is 80.5 Å². The van der Waals surface area contributed by atoms with Gasteiger partial charge < -0.3 is 14.7 Å². The number of hydrogen-bond acceptors (Lipinski definition) is 6. The maximum absolute atomic E-state index is 10.7. The summed E-state index contributed by atoms with van der Waals surface area (Å²) >= 11 is 1.19. The average molecular weight is 300 g/mol. The zero-order valence-electron chi connectivity index (χ0n) is 11.9. The van der Waals surface area contributed by atoms with Crippen LogP contribution in [0.5, 0.6) is 0 Å². The second kappa shape index (κ2) is 6.45. The molecule has 0 aliphatic carbocycles. The van der Waals surface area contributed by atoms with Crippen molar-refractivity contribution < 1.29 is 14.6 Å². The Hall–Kier alpha value is -1.28. The third-order valence-corrected chi connectivity index (χ3v) is 4.44. The highest BCUT2D eigenvalue weighted by atomic mass is 32.2. The summed E-state index contributed by atoms with van der Waals surface area (Å²) in [6.07, 6.45) is 1.13. The second-order valence-electron chi connectivity index (χ2n) is 4.75. The van der Waals surface area contributed by atoms with Gasteiger partial charge in [0.1, 0.15) is 0 Å². The molecule has 1 aromatic heterocycles. The van der Waals surface area contributed by atoms with E-state index >= 15 is 0 Å². The van der Waals surface area contributed by atoms with Gasteiger partial charge >= 0.3 is 5.97 Å². The summed E-state index contributed by atoms with van der Waals surface area (Å²) in [5.74, 6) is -0.0961. The normalized spacial score (nSPS) is 22.1. The van der Waals surface area contributed by atoms with Crippen LogP contribution < -0.4 is 4.90 Å². The number of likely N-dealkylation sites (N-methyl/N-ethyl adjacent to an activating group) is 1. The molecule has 0 saturated carbocycles. The number of thioether (sulfide) groups is 1. The number of aliphatic carboxylic acids is 1.